The normalized spacial score (nSPS) is 15.6. The van der Waals surface area contributed by atoms with Gasteiger partial charge in [0.15, 0.2) is 0 Å². The number of rotatable bonds is 3. The van der Waals surface area contributed by atoms with E-state index < -0.39 is 0 Å². The molecular formula is C11H19N3. The number of nitrogens with two attached hydrogens (primary N) is 1. The highest BCUT2D eigenvalue weighted by Crippen LogP contribution is 2.23. The summed E-state index contributed by atoms with van der Waals surface area (Å²) in [6.45, 7) is 3.92. The van der Waals surface area contributed by atoms with Crippen molar-refractivity contribution in [3.05, 3.63) is 17.0 Å². The summed E-state index contributed by atoms with van der Waals surface area (Å²) in [6.07, 6.45) is 6.06. The predicted octanol–water partition coefficient (Wildman–Crippen LogP) is 1.42. The minimum absolute atomic E-state index is 0.754. The molecule has 14 heavy (non-hydrogen) atoms. The first kappa shape index (κ1) is 9.71. The molecule has 78 valence electrons. The molecule has 1 aliphatic carbocycles. The minimum Gasteiger partial charge on any atom is -0.330 e. The van der Waals surface area contributed by atoms with Gasteiger partial charge in [0.25, 0.3) is 0 Å². The van der Waals surface area contributed by atoms with Crippen molar-refractivity contribution in [1.82, 2.24) is 9.78 Å². The molecule has 0 bridgehead atoms. The zero-order chi connectivity index (χ0) is 9.97. The fourth-order valence-corrected chi connectivity index (χ4v) is 2.22. The Morgan fingerprint density at radius 3 is 2.86 bits per heavy atom. The van der Waals surface area contributed by atoms with Crippen LogP contribution in [0.1, 0.15) is 36.2 Å². The van der Waals surface area contributed by atoms with E-state index in [4.69, 9.17) is 5.73 Å². The highest BCUT2D eigenvalue weighted by molar-refractivity contribution is 5.27. The van der Waals surface area contributed by atoms with Gasteiger partial charge in [-0.1, -0.05) is 0 Å². The molecule has 1 heterocycles. The number of nitrogens with zero attached hydrogens (tertiary/aromatic N) is 2. The van der Waals surface area contributed by atoms with E-state index in [-0.39, 0.29) is 0 Å². The van der Waals surface area contributed by atoms with Crippen LogP contribution in [-0.2, 0) is 19.4 Å². The SMILES string of the molecule is Cc1c2c(nn1CCCN)CCCC2. The van der Waals surface area contributed by atoms with Crippen molar-refractivity contribution in [2.75, 3.05) is 6.54 Å². The Morgan fingerprint density at radius 1 is 1.36 bits per heavy atom. The summed E-state index contributed by atoms with van der Waals surface area (Å²) in [7, 11) is 0. The van der Waals surface area contributed by atoms with Crippen molar-refractivity contribution in [3.63, 3.8) is 0 Å². The molecule has 1 aromatic heterocycles. The summed E-state index contributed by atoms with van der Waals surface area (Å²) in [4.78, 5) is 0. The van der Waals surface area contributed by atoms with Crippen LogP contribution in [0.2, 0.25) is 0 Å². The third kappa shape index (κ3) is 1.69. The summed E-state index contributed by atoms with van der Waals surface area (Å²) in [6, 6.07) is 0. The van der Waals surface area contributed by atoms with E-state index in [0.717, 1.165) is 19.5 Å². The van der Waals surface area contributed by atoms with Gasteiger partial charge in [0, 0.05) is 12.2 Å². The molecule has 3 heteroatoms. The summed E-state index contributed by atoms with van der Waals surface area (Å²) < 4.78 is 2.14. The van der Waals surface area contributed by atoms with Gasteiger partial charge in [-0.25, -0.2) is 0 Å². The summed E-state index contributed by atoms with van der Waals surface area (Å²) >= 11 is 0. The first-order valence-corrected chi connectivity index (χ1v) is 5.58. The number of fused-ring (bicyclic) bond motifs is 1. The third-order valence-electron chi connectivity index (χ3n) is 3.08. The predicted molar refractivity (Wildman–Crippen MR) is 57.3 cm³/mol. The molecule has 0 aromatic carbocycles. The zero-order valence-electron chi connectivity index (χ0n) is 8.92. The quantitative estimate of drug-likeness (QED) is 0.789. The Balaban J connectivity index is 2.20. The fourth-order valence-electron chi connectivity index (χ4n) is 2.22. The van der Waals surface area contributed by atoms with Gasteiger partial charge < -0.3 is 5.73 Å². The van der Waals surface area contributed by atoms with E-state index >= 15 is 0 Å². The third-order valence-corrected chi connectivity index (χ3v) is 3.08. The largest absolute Gasteiger partial charge is 0.330 e. The topological polar surface area (TPSA) is 43.8 Å². The van der Waals surface area contributed by atoms with Crippen LogP contribution in [-0.4, -0.2) is 16.3 Å². The van der Waals surface area contributed by atoms with Gasteiger partial charge in [0.05, 0.1) is 5.69 Å². The van der Waals surface area contributed by atoms with Crippen LogP contribution >= 0.6 is 0 Å². The highest BCUT2D eigenvalue weighted by Gasteiger charge is 2.17. The number of aromatic nitrogens is 2. The maximum atomic E-state index is 5.51. The van der Waals surface area contributed by atoms with Crippen LogP contribution in [0.25, 0.3) is 0 Å². The van der Waals surface area contributed by atoms with Crippen molar-refractivity contribution in [2.45, 2.75) is 45.6 Å². The van der Waals surface area contributed by atoms with Crippen LogP contribution in [0, 0.1) is 6.92 Å². The Labute approximate surface area is 85.3 Å². The second-order valence-electron chi connectivity index (χ2n) is 4.08. The molecule has 1 aromatic rings. The molecule has 2 rings (SSSR count). The van der Waals surface area contributed by atoms with E-state index in [0.29, 0.717) is 0 Å². The monoisotopic (exact) mass is 193 g/mol. The van der Waals surface area contributed by atoms with E-state index in [2.05, 4.69) is 16.7 Å². The van der Waals surface area contributed by atoms with E-state index in [1.807, 2.05) is 0 Å². The van der Waals surface area contributed by atoms with Crippen LogP contribution in [0.5, 0.6) is 0 Å². The average molecular weight is 193 g/mol. The van der Waals surface area contributed by atoms with Gasteiger partial charge >= 0.3 is 0 Å². The lowest BCUT2D eigenvalue weighted by Gasteiger charge is -2.08. The first-order valence-electron chi connectivity index (χ1n) is 5.58. The van der Waals surface area contributed by atoms with Crippen molar-refractivity contribution in [2.24, 2.45) is 5.73 Å². The lowest BCUT2D eigenvalue weighted by atomic mass is 9.96. The molecule has 0 unspecified atom stereocenters. The first-order chi connectivity index (χ1) is 6.83. The number of aryl methyl sites for hydroxylation is 2. The molecule has 2 N–H and O–H groups in total. The van der Waals surface area contributed by atoms with Crippen molar-refractivity contribution < 1.29 is 0 Å². The Hall–Kier alpha value is -0.830. The van der Waals surface area contributed by atoms with Crippen molar-refractivity contribution in [1.29, 1.82) is 0 Å². The lowest BCUT2D eigenvalue weighted by molar-refractivity contribution is 0.563. The number of hydrogen-bond donors (Lipinski definition) is 1. The highest BCUT2D eigenvalue weighted by atomic mass is 15.3. The molecule has 0 saturated heterocycles. The maximum Gasteiger partial charge on any atom is 0.0659 e. The maximum absolute atomic E-state index is 5.51. The average Bonchev–Trinajstić information content (AvgIpc) is 2.54. The summed E-state index contributed by atoms with van der Waals surface area (Å²) in [5, 5.41) is 4.65. The molecule has 3 nitrogen and oxygen atoms in total. The molecule has 0 fully saturated rings. The zero-order valence-corrected chi connectivity index (χ0v) is 8.92. The van der Waals surface area contributed by atoms with Crippen LogP contribution in [0.15, 0.2) is 0 Å². The van der Waals surface area contributed by atoms with Crippen LogP contribution in [0.3, 0.4) is 0 Å². The van der Waals surface area contributed by atoms with Crippen LogP contribution in [0.4, 0.5) is 0 Å². The molecule has 1 aliphatic rings. The molecule has 0 amide bonds. The second kappa shape index (κ2) is 4.13. The van der Waals surface area contributed by atoms with Crippen molar-refractivity contribution in [3.8, 4) is 0 Å². The smallest absolute Gasteiger partial charge is 0.0659 e. The number of hydrogen-bond acceptors (Lipinski definition) is 2. The molecular weight excluding hydrogens is 174 g/mol. The molecule has 0 radical (unpaired) electrons. The fraction of sp³-hybridized carbons (Fsp3) is 0.727. The van der Waals surface area contributed by atoms with Gasteiger partial charge in [-0.2, -0.15) is 5.10 Å². The lowest BCUT2D eigenvalue weighted by Crippen LogP contribution is -2.08. The Morgan fingerprint density at radius 2 is 2.14 bits per heavy atom. The Bertz CT molecular complexity index is 315. The standard InChI is InChI=1S/C11H19N3/c1-9-10-5-2-3-6-11(10)13-14(9)8-4-7-12/h2-8,12H2,1H3. The summed E-state index contributed by atoms with van der Waals surface area (Å²) in [5.41, 5.74) is 9.72. The molecule has 0 spiro atoms. The Kier molecular flexibility index (Phi) is 2.87. The van der Waals surface area contributed by atoms with Gasteiger partial charge in [0.2, 0.25) is 0 Å². The van der Waals surface area contributed by atoms with E-state index in [1.165, 1.54) is 42.6 Å². The van der Waals surface area contributed by atoms with Crippen molar-refractivity contribution >= 4 is 0 Å². The van der Waals surface area contributed by atoms with Gasteiger partial charge in [-0.05, 0) is 51.1 Å². The second-order valence-corrected chi connectivity index (χ2v) is 4.08. The van der Waals surface area contributed by atoms with Gasteiger partial charge in [-0.15, -0.1) is 0 Å². The van der Waals surface area contributed by atoms with Crippen LogP contribution < -0.4 is 5.73 Å². The molecule has 0 aliphatic heterocycles. The van der Waals surface area contributed by atoms with E-state index in [1.54, 1.807) is 0 Å². The minimum atomic E-state index is 0.754. The van der Waals surface area contributed by atoms with Gasteiger partial charge in [0.1, 0.15) is 0 Å². The van der Waals surface area contributed by atoms with E-state index in [9.17, 15) is 0 Å². The summed E-state index contributed by atoms with van der Waals surface area (Å²) in [5.74, 6) is 0. The molecule has 0 saturated carbocycles. The van der Waals surface area contributed by atoms with Gasteiger partial charge in [-0.3, -0.25) is 4.68 Å². The molecule has 0 atom stereocenters.